The van der Waals surface area contributed by atoms with E-state index in [-0.39, 0.29) is 5.91 Å². The highest BCUT2D eigenvalue weighted by Crippen LogP contribution is 2.34. The molecule has 0 aliphatic carbocycles. The van der Waals surface area contributed by atoms with Crippen LogP contribution in [0.15, 0.2) is 47.4 Å². The van der Waals surface area contributed by atoms with Gasteiger partial charge in [0, 0.05) is 7.05 Å². The third-order valence-corrected chi connectivity index (χ3v) is 6.74. The minimum atomic E-state index is -0.0954. The first kappa shape index (κ1) is 26.9. The number of hydrogen-bond acceptors (Lipinski definition) is 7. The van der Waals surface area contributed by atoms with Gasteiger partial charge in [0.15, 0.2) is 11.5 Å². The van der Waals surface area contributed by atoms with Crippen molar-refractivity contribution in [3.8, 4) is 23.0 Å². The SMILES string of the molecule is CCCCCCOc1ccc(OCCOc2ccc(/C=C3\SC(=S)N(C)C3=O)cc2OCC)cc1. The van der Waals surface area contributed by atoms with Crippen LogP contribution in [0.3, 0.4) is 0 Å². The first-order valence-corrected chi connectivity index (χ1v) is 13.2. The zero-order valence-electron chi connectivity index (χ0n) is 20.6. The number of hydrogen-bond donors (Lipinski definition) is 0. The van der Waals surface area contributed by atoms with Crippen LogP contribution in [-0.4, -0.2) is 48.6 Å². The highest BCUT2D eigenvalue weighted by atomic mass is 32.2. The first-order valence-electron chi connectivity index (χ1n) is 12.0. The number of nitrogens with zero attached hydrogens (tertiary/aromatic N) is 1. The van der Waals surface area contributed by atoms with Gasteiger partial charge in [-0.2, -0.15) is 0 Å². The van der Waals surface area contributed by atoms with E-state index in [1.54, 1.807) is 7.05 Å². The summed E-state index contributed by atoms with van der Waals surface area (Å²) in [5.74, 6) is 2.77. The van der Waals surface area contributed by atoms with Crippen molar-refractivity contribution in [2.24, 2.45) is 0 Å². The molecule has 6 nitrogen and oxygen atoms in total. The van der Waals surface area contributed by atoms with Crippen molar-refractivity contribution >= 4 is 40.3 Å². The van der Waals surface area contributed by atoms with Gasteiger partial charge in [0.05, 0.1) is 18.1 Å². The number of likely N-dealkylation sites (N-methyl/N-ethyl adjacent to an activating group) is 1. The summed E-state index contributed by atoms with van der Waals surface area (Å²) in [6, 6.07) is 13.3. The summed E-state index contributed by atoms with van der Waals surface area (Å²) in [7, 11) is 1.68. The van der Waals surface area contributed by atoms with Crippen LogP contribution in [0.25, 0.3) is 6.08 Å². The van der Waals surface area contributed by atoms with E-state index in [9.17, 15) is 4.79 Å². The van der Waals surface area contributed by atoms with Gasteiger partial charge in [-0.3, -0.25) is 9.69 Å². The monoisotopic (exact) mass is 515 g/mol. The topological polar surface area (TPSA) is 57.2 Å². The molecule has 2 aromatic rings. The summed E-state index contributed by atoms with van der Waals surface area (Å²) in [4.78, 5) is 14.3. The highest BCUT2D eigenvalue weighted by molar-refractivity contribution is 8.26. The third kappa shape index (κ3) is 8.18. The molecule has 3 rings (SSSR count). The number of thiocarbonyl (C=S) groups is 1. The molecule has 35 heavy (non-hydrogen) atoms. The van der Waals surface area contributed by atoms with E-state index < -0.39 is 0 Å². The van der Waals surface area contributed by atoms with Crippen molar-refractivity contribution in [2.45, 2.75) is 39.5 Å². The quantitative estimate of drug-likeness (QED) is 0.165. The van der Waals surface area contributed by atoms with Crippen LogP contribution >= 0.6 is 24.0 Å². The lowest BCUT2D eigenvalue weighted by molar-refractivity contribution is -0.121. The summed E-state index contributed by atoms with van der Waals surface area (Å²) in [6.45, 7) is 6.12. The van der Waals surface area contributed by atoms with Gasteiger partial charge in [0.2, 0.25) is 0 Å². The van der Waals surface area contributed by atoms with Crippen molar-refractivity contribution in [3.05, 3.63) is 52.9 Å². The fourth-order valence-corrected chi connectivity index (χ4v) is 4.54. The molecule has 1 fully saturated rings. The lowest BCUT2D eigenvalue weighted by Gasteiger charge is -2.13. The number of ether oxygens (including phenoxy) is 4. The molecule has 0 aromatic heterocycles. The molecule has 1 saturated heterocycles. The van der Waals surface area contributed by atoms with Crippen LogP contribution in [0.1, 0.15) is 45.1 Å². The molecule has 0 spiro atoms. The van der Waals surface area contributed by atoms with Crippen molar-refractivity contribution in [3.63, 3.8) is 0 Å². The second-order valence-electron chi connectivity index (χ2n) is 7.96. The van der Waals surface area contributed by atoms with Crippen LogP contribution < -0.4 is 18.9 Å². The van der Waals surface area contributed by atoms with E-state index in [1.165, 1.54) is 35.9 Å². The van der Waals surface area contributed by atoms with Gasteiger partial charge in [-0.05, 0) is 61.4 Å². The predicted molar refractivity (Wildman–Crippen MR) is 146 cm³/mol. The Balaban J connectivity index is 1.49. The molecule has 0 unspecified atom stereocenters. The smallest absolute Gasteiger partial charge is 0.265 e. The number of thioether (sulfide) groups is 1. The molecule has 1 amide bonds. The van der Waals surface area contributed by atoms with Gasteiger partial charge in [-0.25, -0.2) is 0 Å². The van der Waals surface area contributed by atoms with Crippen LogP contribution in [0.5, 0.6) is 23.0 Å². The van der Waals surface area contributed by atoms with Gasteiger partial charge in [-0.15, -0.1) is 0 Å². The van der Waals surface area contributed by atoms with E-state index in [1.807, 2.05) is 55.5 Å². The molecule has 0 atom stereocenters. The van der Waals surface area contributed by atoms with Gasteiger partial charge in [-0.1, -0.05) is 56.2 Å². The van der Waals surface area contributed by atoms with E-state index in [2.05, 4.69) is 6.92 Å². The lowest BCUT2D eigenvalue weighted by atomic mass is 10.2. The van der Waals surface area contributed by atoms with Gasteiger partial charge >= 0.3 is 0 Å². The number of amides is 1. The molecule has 8 heteroatoms. The zero-order chi connectivity index (χ0) is 25.0. The Morgan fingerprint density at radius 2 is 1.54 bits per heavy atom. The zero-order valence-corrected chi connectivity index (χ0v) is 22.2. The minimum Gasteiger partial charge on any atom is -0.494 e. The van der Waals surface area contributed by atoms with E-state index in [4.69, 9.17) is 31.2 Å². The molecule has 0 N–H and O–H groups in total. The highest BCUT2D eigenvalue weighted by Gasteiger charge is 2.28. The normalized spacial score (nSPS) is 14.5. The summed E-state index contributed by atoms with van der Waals surface area (Å²) in [6.07, 6.45) is 6.57. The average Bonchev–Trinajstić information content (AvgIpc) is 3.10. The summed E-state index contributed by atoms with van der Waals surface area (Å²) < 4.78 is 23.8. The van der Waals surface area contributed by atoms with Gasteiger partial charge < -0.3 is 18.9 Å². The number of rotatable bonds is 14. The standard InChI is InChI=1S/C27H33NO5S2/c1-4-6-7-8-15-31-21-10-12-22(13-11-21)32-16-17-33-23-14-9-20(18-24(23)30-5-2)19-25-26(29)28(3)27(34)35-25/h9-14,18-19H,4-8,15-17H2,1-3H3/b25-19-. The molecule has 0 bridgehead atoms. The number of benzene rings is 2. The molecule has 188 valence electrons. The van der Waals surface area contributed by atoms with Crippen LogP contribution in [0.2, 0.25) is 0 Å². The Labute approximate surface area is 217 Å². The van der Waals surface area contributed by atoms with Gasteiger partial charge in [0.25, 0.3) is 5.91 Å². The maximum absolute atomic E-state index is 12.3. The molecule has 1 heterocycles. The molecular formula is C27H33NO5S2. The van der Waals surface area contributed by atoms with E-state index in [0.717, 1.165) is 30.1 Å². The second-order valence-corrected chi connectivity index (χ2v) is 9.63. The summed E-state index contributed by atoms with van der Waals surface area (Å²) >= 11 is 6.49. The Hall–Kier alpha value is -2.71. The van der Waals surface area contributed by atoms with Crippen LogP contribution in [-0.2, 0) is 4.79 Å². The maximum Gasteiger partial charge on any atom is 0.265 e. The molecular weight excluding hydrogens is 482 g/mol. The lowest BCUT2D eigenvalue weighted by Crippen LogP contribution is -2.22. The second kappa shape index (κ2) is 14.0. The first-order chi connectivity index (χ1) is 17.0. The molecule has 1 aliphatic rings. The van der Waals surface area contributed by atoms with Gasteiger partial charge in [0.1, 0.15) is 29.0 Å². The average molecular weight is 516 g/mol. The third-order valence-electron chi connectivity index (χ3n) is 5.25. The molecule has 1 aliphatic heterocycles. The number of carbonyl (C=O) groups excluding carboxylic acids is 1. The maximum atomic E-state index is 12.3. The number of unbranched alkanes of at least 4 members (excludes halogenated alkanes) is 3. The van der Waals surface area contributed by atoms with Crippen LogP contribution in [0, 0.1) is 0 Å². The molecule has 2 aromatic carbocycles. The molecule has 0 radical (unpaired) electrons. The van der Waals surface area contributed by atoms with E-state index >= 15 is 0 Å². The number of carbonyl (C=O) groups is 1. The fraction of sp³-hybridized carbons (Fsp3) is 0.407. The fourth-order valence-electron chi connectivity index (χ4n) is 3.36. The largest absolute Gasteiger partial charge is 0.494 e. The summed E-state index contributed by atoms with van der Waals surface area (Å²) in [5.41, 5.74) is 0.846. The van der Waals surface area contributed by atoms with Crippen molar-refractivity contribution in [2.75, 3.05) is 33.5 Å². The minimum absolute atomic E-state index is 0.0954. The van der Waals surface area contributed by atoms with Crippen LogP contribution in [0.4, 0.5) is 0 Å². The Morgan fingerprint density at radius 1 is 0.857 bits per heavy atom. The van der Waals surface area contributed by atoms with Crippen molar-refractivity contribution in [1.29, 1.82) is 0 Å². The van der Waals surface area contributed by atoms with Crippen molar-refractivity contribution < 1.29 is 23.7 Å². The van der Waals surface area contributed by atoms with E-state index in [0.29, 0.717) is 40.5 Å². The van der Waals surface area contributed by atoms with Crippen molar-refractivity contribution in [1.82, 2.24) is 4.90 Å². The predicted octanol–water partition coefficient (Wildman–Crippen LogP) is 6.33. The Kier molecular flexibility index (Phi) is 10.8. The summed E-state index contributed by atoms with van der Waals surface area (Å²) in [5, 5.41) is 0. The Bertz CT molecular complexity index is 1020. The molecule has 0 saturated carbocycles. The Morgan fingerprint density at radius 3 is 2.17 bits per heavy atom.